The smallest absolute Gasteiger partial charge is 0.389 e. The number of aliphatic hydroxyl groups is 1. The summed E-state index contributed by atoms with van der Waals surface area (Å²) in [6, 6.07) is 5.44. The van der Waals surface area contributed by atoms with E-state index in [1.165, 1.54) is 37.4 Å². The Morgan fingerprint density at radius 1 is 1.30 bits per heavy atom. The van der Waals surface area contributed by atoms with Crippen LogP contribution in [0, 0.1) is 0 Å². The van der Waals surface area contributed by atoms with Crippen LogP contribution >= 0.6 is 0 Å². The van der Waals surface area contributed by atoms with E-state index in [9.17, 15) is 23.1 Å². The summed E-state index contributed by atoms with van der Waals surface area (Å²) in [7, 11) is 0. The summed E-state index contributed by atoms with van der Waals surface area (Å²) in [5.41, 5.74) is 5.96. The number of hydrogen-bond acceptors (Lipinski definition) is 3. The van der Waals surface area contributed by atoms with Crippen LogP contribution in [0.25, 0.3) is 28.2 Å². The van der Waals surface area contributed by atoms with Gasteiger partial charge in [-0.2, -0.15) is 13.2 Å². The van der Waals surface area contributed by atoms with Crippen LogP contribution < -0.4 is 5.73 Å². The van der Waals surface area contributed by atoms with Crippen LogP contribution in [0.3, 0.4) is 0 Å². The van der Waals surface area contributed by atoms with Gasteiger partial charge < -0.3 is 15.8 Å². The molecule has 8 heteroatoms. The van der Waals surface area contributed by atoms with Gasteiger partial charge in [0.1, 0.15) is 5.65 Å². The second-order valence-corrected chi connectivity index (χ2v) is 6.08. The Morgan fingerprint density at radius 3 is 2.67 bits per heavy atom. The number of aromatic nitrogens is 2. The Morgan fingerprint density at radius 2 is 2.04 bits per heavy atom. The van der Waals surface area contributed by atoms with Gasteiger partial charge in [0.05, 0.1) is 11.7 Å². The fourth-order valence-electron chi connectivity index (χ4n) is 2.84. The number of nitrogens with zero attached hydrogens (tertiary/aromatic N) is 1. The predicted octanol–water partition coefficient (Wildman–Crippen LogP) is 3.80. The van der Waals surface area contributed by atoms with Crippen molar-refractivity contribution >= 4 is 23.0 Å². The fourth-order valence-corrected chi connectivity index (χ4v) is 2.84. The number of nitrogens with one attached hydrogen (secondary N) is 1. The summed E-state index contributed by atoms with van der Waals surface area (Å²) < 4.78 is 40.1. The lowest BCUT2D eigenvalue weighted by atomic mass is 9.96. The molecule has 0 unspecified atom stereocenters. The minimum Gasteiger partial charge on any atom is -0.389 e. The van der Waals surface area contributed by atoms with Crippen molar-refractivity contribution in [3.8, 4) is 11.1 Å². The number of primary amides is 1. The van der Waals surface area contributed by atoms with E-state index < -0.39 is 23.8 Å². The Kier molecular flexibility index (Phi) is 4.75. The highest BCUT2D eigenvalue weighted by molar-refractivity contribution is 5.95. The quantitative estimate of drug-likeness (QED) is 0.606. The highest BCUT2D eigenvalue weighted by atomic mass is 19.4. The molecule has 0 spiro atoms. The second kappa shape index (κ2) is 6.88. The predicted molar refractivity (Wildman–Crippen MR) is 95.4 cm³/mol. The zero-order valence-corrected chi connectivity index (χ0v) is 14.2. The fraction of sp³-hybridized carbons (Fsp3) is 0.158. The Hall–Kier alpha value is -3.13. The first-order valence-electron chi connectivity index (χ1n) is 8.01. The van der Waals surface area contributed by atoms with E-state index in [1.807, 2.05) is 0 Å². The number of nitrogens with two attached hydrogens (primary N) is 1. The molecule has 3 rings (SSSR count). The molecule has 0 saturated heterocycles. The number of carbonyl (C=O) groups is 1. The molecule has 3 aromatic rings. The molecule has 1 atom stereocenters. The molecule has 0 aliphatic carbocycles. The van der Waals surface area contributed by atoms with E-state index in [0.29, 0.717) is 27.7 Å². The summed E-state index contributed by atoms with van der Waals surface area (Å²) in [6.45, 7) is 1.29. The number of benzene rings is 1. The summed E-state index contributed by atoms with van der Waals surface area (Å²) in [4.78, 5) is 18.1. The zero-order valence-electron chi connectivity index (χ0n) is 14.2. The van der Waals surface area contributed by atoms with Crippen molar-refractivity contribution in [1.82, 2.24) is 9.97 Å². The van der Waals surface area contributed by atoms with E-state index in [0.717, 1.165) is 6.07 Å². The van der Waals surface area contributed by atoms with Crippen molar-refractivity contribution in [2.45, 2.75) is 19.2 Å². The van der Waals surface area contributed by atoms with Gasteiger partial charge in [-0.15, -0.1) is 0 Å². The lowest BCUT2D eigenvalue weighted by molar-refractivity contribution is -0.139. The van der Waals surface area contributed by atoms with Gasteiger partial charge in [-0.3, -0.25) is 4.79 Å². The lowest BCUT2D eigenvalue weighted by Gasteiger charge is -2.16. The van der Waals surface area contributed by atoms with Gasteiger partial charge in [-0.1, -0.05) is 12.1 Å². The number of amides is 1. The second-order valence-electron chi connectivity index (χ2n) is 6.08. The maximum absolute atomic E-state index is 13.4. The molecule has 0 radical (unpaired) electrons. The van der Waals surface area contributed by atoms with Crippen LogP contribution in [-0.4, -0.2) is 21.0 Å². The van der Waals surface area contributed by atoms with Crippen LogP contribution in [0.15, 0.2) is 42.7 Å². The maximum atomic E-state index is 13.4. The number of alkyl halides is 3. The van der Waals surface area contributed by atoms with Crippen LogP contribution in [0.5, 0.6) is 0 Å². The first-order chi connectivity index (χ1) is 12.7. The Bertz CT molecular complexity index is 1040. The molecule has 0 bridgehead atoms. The van der Waals surface area contributed by atoms with E-state index in [2.05, 4.69) is 9.97 Å². The van der Waals surface area contributed by atoms with Crippen LogP contribution in [0.1, 0.15) is 29.7 Å². The molecule has 140 valence electrons. The number of H-pyrrole nitrogens is 1. The summed E-state index contributed by atoms with van der Waals surface area (Å²) in [6.07, 6.45) is -0.0648. The van der Waals surface area contributed by atoms with E-state index in [1.54, 1.807) is 12.3 Å². The summed E-state index contributed by atoms with van der Waals surface area (Å²) >= 11 is 0. The monoisotopic (exact) mass is 375 g/mol. The number of carbonyl (C=O) groups excluding carboxylic acids is 1. The van der Waals surface area contributed by atoms with Gasteiger partial charge in [0, 0.05) is 35.0 Å². The maximum Gasteiger partial charge on any atom is 0.416 e. The highest BCUT2D eigenvalue weighted by Crippen LogP contribution is 2.37. The number of aromatic amines is 1. The molecule has 2 aromatic heterocycles. The molecule has 0 saturated carbocycles. The third-order valence-electron chi connectivity index (χ3n) is 4.13. The number of rotatable bonds is 4. The molecule has 1 aromatic carbocycles. The van der Waals surface area contributed by atoms with Crippen molar-refractivity contribution in [2.75, 3.05) is 0 Å². The molecular weight excluding hydrogens is 359 g/mol. The Labute approximate surface area is 152 Å². The number of halogens is 3. The van der Waals surface area contributed by atoms with Gasteiger partial charge in [-0.05, 0) is 36.3 Å². The normalized spacial score (nSPS) is 13.4. The molecule has 5 nitrogen and oxygen atoms in total. The van der Waals surface area contributed by atoms with Gasteiger partial charge >= 0.3 is 6.18 Å². The van der Waals surface area contributed by atoms with E-state index in [-0.39, 0.29) is 5.56 Å². The molecule has 27 heavy (non-hydrogen) atoms. The van der Waals surface area contributed by atoms with Crippen LogP contribution in [0.4, 0.5) is 13.2 Å². The van der Waals surface area contributed by atoms with Crippen molar-refractivity contribution in [3.05, 3.63) is 59.4 Å². The molecule has 2 heterocycles. The van der Waals surface area contributed by atoms with Crippen molar-refractivity contribution in [2.24, 2.45) is 5.73 Å². The number of hydrogen-bond donors (Lipinski definition) is 3. The van der Waals surface area contributed by atoms with Crippen LogP contribution in [0.2, 0.25) is 0 Å². The average molecular weight is 375 g/mol. The SMILES string of the molecule is C[C@H](O)c1ccc(-c2cnc3[nH]cc(C=CC(N)=O)c3c2)cc1C(F)(F)F. The van der Waals surface area contributed by atoms with Gasteiger partial charge in [0.2, 0.25) is 5.91 Å². The zero-order chi connectivity index (χ0) is 19.8. The third-order valence-corrected chi connectivity index (χ3v) is 4.13. The highest BCUT2D eigenvalue weighted by Gasteiger charge is 2.34. The average Bonchev–Trinajstić information content (AvgIpc) is 3.00. The van der Waals surface area contributed by atoms with Crippen molar-refractivity contribution in [1.29, 1.82) is 0 Å². The largest absolute Gasteiger partial charge is 0.416 e. The molecule has 1 amide bonds. The number of aliphatic hydroxyl groups excluding tert-OH is 1. The van der Waals surface area contributed by atoms with E-state index in [4.69, 9.17) is 5.73 Å². The molecule has 0 fully saturated rings. The van der Waals surface area contributed by atoms with E-state index >= 15 is 0 Å². The third kappa shape index (κ3) is 3.85. The number of fused-ring (bicyclic) bond motifs is 1. The molecule has 4 N–H and O–H groups in total. The summed E-state index contributed by atoms with van der Waals surface area (Å²) in [5.74, 6) is -0.614. The lowest BCUT2D eigenvalue weighted by Crippen LogP contribution is -2.11. The van der Waals surface area contributed by atoms with Gasteiger partial charge in [0.25, 0.3) is 0 Å². The standard InChI is InChI=1S/C19H16F3N3O2/c1-10(26)14-4-2-11(7-16(14)19(20,21)22)13-6-15-12(3-5-17(23)27)8-24-18(15)25-9-13/h2-10,26H,1H3,(H2,23,27)(H,24,25)/t10-/m0/s1. The van der Waals surface area contributed by atoms with Gasteiger partial charge in [0.15, 0.2) is 0 Å². The van der Waals surface area contributed by atoms with Crippen molar-refractivity contribution < 1.29 is 23.1 Å². The minimum absolute atomic E-state index is 0.188. The molecular formula is C19H16F3N3O2. The Balaban J connectivity index is 2.12. The number of pyridine rings is 1. The molecule has 0 aliphatic rings. The van der Waals surface area contributed by atoms with Crippen molar-refractivity contribution in [3.63, 3.8) is 0 Å². The first-order valence-corrected chi connectivity index (χ1v) is 8.01. The van der Waals surface area contributed by atoms with Crippen LogP contribution in [-0.2, 0) is 11.0 Å². The topological polar surface area (TPSA) is 92.0 Å². The van der Waals surface area contributed by atoms with Gasteiger partial charge in [-0.25, -0.2) is 4.98 Å². The minimum atomic E-state index is -4.59. The first kappa shape index (κ1) is 18.7. The molecule has 0 aliphatic heterocycles. The summed E-state index contributed by atoms with van der Waals surface area (Å²) in [5, 5.41) is 10.3.